The molecule has 1 aliphatic rings. The van der Waals surface area contributed by atoms with Gasteiger partial charge in [0.25, 0.3) is 0 Å². The molecule has 0 radical (unpaired) electrons. The van der Waals surface area contributed by atoms with Crippen LogP contribution in [0.2, 0.25) is 0 Å². The zero-order valence-corrected chi connectivity index (χ0v) is 12.2. The van der Waals surface area contributed by atoms with Gasteiger partial charge in [-0.2, -0.15) is 0 Å². The van der Waals surface area contributed by atoms with E-state index in [-0.39, 0.29) is 17.9 Å². The molecule has 1 N–H and O–H groups in total. The third-order valence-electron chi connectivity index (χ3n) is 3.64. The predicted octanol–water partition coefficient (Wildman–Crippen LogP) is 0.950. The van der Waals surface area contributed by atoms with Crippen molar-refractivity contribution >= 4 is 11.9 Å². The highest BCUT2D eigenvalue weighted by Gasteiger charge is 2.35. The third kappa shape index (κ3) is 2.98. The molecule has 1 aromatic heterocycles. The second kappa shape index (κ2) is 5.59. The number of esters is 1. The number of carbonyl (C=O) groups excluding carboxylic acids is 2. The van der Waals surface area contributed by atoms with Crippen molar-refractivity contribution in [2.45, 2.75) is 13.3 Å². The minimum absolute atomic E-state index is 0.00395. The Morgan fingerprint density at radius 2 is 2.18 bits per heavy atom. The van der Waals surface area contributed by atoms with Crippen molar-refractivity contribution in [3.63, 3.8) is 0 Å². The number of hydrogen-bond acceptors (Lipinski definition) is 5. The number of rotatable bonds is 4. The van der Waals surface area contributed by atoms with E-state index in [4.69, 9.17) is 4.74 Å². The molecule has 1 atom stereocenters. The van der Waals surface area contributed by atoms with E-state index in [2.05, 4.69) is 15.6 Å². The summed E-state index contributed by atoms with van der Waals surface area (Å²) in [6, 6.07) is 6.90. The van der Waals surface area contributed by atoms with E-state index >= 15 is 0 Å². The quantitative estimate of drug-likeness (QED) is 0.850. The van der Waals surface area contributed by atoms with Gasteiger partial charge in [0.1, 0.15) is 0 Å². The zero-order chi connectivity index (χ0) is 15.6. The molecule has 1 saturated heterocycles. The Balaban J connectivity index is 1.62. The molecule has 7 nitrogen and oxygen atoms in total. The molecule has 1 fully saturated rings. The lowest BCUT2D eigenvalue weighted by Crippen LogP contribution is -2.27. The van der Waals surface area contributed by atoms with Crippen LogP contribution in [0.25, 0.3) is 5.69 Å². The molecule has 1 amide bonds. The van der Waals surface area contributed by atoms with Crippen molar-refractivity contribution < 1.29 is 14.3 Å². The van der Waals surface area contributed by atoms with Gasteiger partial charge in [0.05, 0.1) is 30.3 Å². The van der Waals surface area contributed by atoms with Gasteiger partial charge in [0, 0.05) is 18.4 Å². The lowest BCUT2D eigenvalue weighted by Gasteiger charge is -2.20. The van der Waals surface area contributed by atoms with Crippen LogP contribution >= 0.6 is 0 Å². The first-order valence-corrected chi connectivity index (χ1v) is 6.96. The number of aromatic nitrogens is 3. The molecule has 0 spiro atoms. The maximum atomic E-state index is 12.1. The summed E-state index contributed by atoms with van der Waals surface area (Å²) in [5, 5.41) is 10.4. The first-order chi connectivity index (χ1) is 10.6. The SMILES string of the molecule is C[C@]1(COC(=O)c2ccc(-n3ccnn3)cc2)CNC(=O)C1. The van der Waals surface area contributed by atoms with Gasteiger partial charge in [0.2, 0.25) is 5.91 Å². The van der Waals surface area contributed by atoms with Gasteiger partial charge in [-0.15, -0.1) is 5.10 Å². The third-order valence-corrected chi connectivity index (χ3v) is 3.64. The first kappa shape index (κ1) is 14.2. The van der Waals surface area contributed by atoms with Crippen LogP contribution in [0.5, 0.6) is 0 Å². The maximum absolute atomic E-state index is 12.1. The average molecular weight is 300 g/mol. The Hall–Kier alpha value is -2.70. The van der Waals surface area contributed by atoms with Crippen LogP contribution in [-0.2, 0) is 9.53 Å². The highest BCUT2D eigenvalue weighted by molar-refractivity contribution is 5.89. The molecule has 1 aromatic carbocycles. The molecular weight excluding hydrogens is 284 g/mol. The van der Waals surface area contributed by atoms with Crippen molar-refractivity contribution in [1.29, 1.82) is 0 Å². The maximum Gasteiger partial charge on any atom is 0.338 e. The first-order valence-electron chi connectivity index (χ1n) is 6.96. The largest absolute Gasteiger partial charge is 0.461 e. The second-order valence-electron chi connectivity index (χ2n) is 5.73. The van der Waals surface area contributed by atoms with Crippen molar-refractivity contribution in [2.75, 3.05) is 13.2 Å². The molecule has 0 unspecified atom stereocenters. The van der Waals surface area contributed by atoms with E-state index < -0.39 is 5.97 Å². The van der Waals surface area contributed by atoms with Crippen LogP contribution in [0.15, 0.2) is 36.7 Å². The van der Waals surface area contributed by atoms with E-state index in [0.29, 0.717) is 18.5 Å². The molecular formula is C15H16N4O3. The minimum atomic E-state index is -0.397. The topological polar surface area (TPSA) is 86.1 Å². The summed E-state index contributed by atoms with van der Waals surface area (Å²) >= 11 is 0. The Kier molecular flexibility index (Phi) is 3.62. The summed E-state index contributed by atoms with van der Waals surface area (Å²) in [6.45, 7) is 2.67. The van der Waals surface area contributed by atoms with Crippen LogP contribution in [0.4, 0.5) is 0 Å². The molecule has 1 aliphatic heterocycles. The van der Waals surface area contributed by atoms with E-state index in [1.54, 1.807) is 41.3 Å². The minimum Gasteiger partial charge on any atom is -0.461 e. The smallest absolute Gasteiger partial charge is 0.338 e. The predicted molar refractivity (Wildman–Crippen MR) is 77.4 cm³/mol. The van der Waals surface area contributed by atoms with E-state index in [0.717, 1.165) is 5.69 Å². The fourth-order valence-electron chi connectivity index (χ4n) is 2.35. The molecule has 114 valence electrons. The zero-order valence-electron chi connectivity index (χ0n) is 12.2. The fourth-order valence-corrected chi connectivity index (χ4v) is 2.35. The fraction of sp³-hybridized carbons (Fsp3) is 0.333. The number of amides is 1. The average Bonchev–Trinajstić information content (AvgIpc) is 3.16. The van der Waals surface area contributed by atoms with Crippen LogP contribution in [0.3, 0.4) is 0 Å². The Labute approximate surface area is 127 Å². The summed E-state index contributed by atoms with van der Waals surface area (Å²) in [5.41, 5.74) is 0.948. The number of nitrogens with one attached hydrogen (secondary N) is 1. The van der Waals surface area contributed by atoms with Crippen molar-refractivity contribution in [3.05, 3.63) is 42.2 Å². The molecule has 2 aromatic rings. The van der Waals surface area contributed by atoms with Gasteiger partial charge in [-0.1, -0.05) is 12.1 Å². The highest BCUT2D eigenvalue weighted by atomic mass is 16.5. The molecule has 22 heavy (non-hydrogen) atoms. The van der Waals surface area contributed by atoms with Gasteiger partial charge in [-0.25, -0.2) is 9.48 Å². The summed E-state index contributed by atoms with van der Waals surface area (Å²) in [6.07, 6.45) is 3.68. The highest BCUT2D eigenvalue weighted by Crippen LogP contribution is 2.25. The number of ether oxygens (including phenoxy) is 1. The summed E-state index contributed by atoms with van der Waals surface area (Å²) in [4.78, 5) is 23.3. The van der Waals surface area contributed by atoms with Gasteiger partial charge in [-0.05, 0) is 24.3 Å². The van der Waals surface area contributed by atoms with Crippen molar-refractivity contribution in [3.8, 4) is 5.69 Å². The van der Waals surface area contributed by atoms with E-state index in [1.165, 1.54) is 0 Å². The summed E-state index contributed by atoms with van der Waals surface area (Å²) in [5.74, 6) is -0.401. The van der Waals surface area contributed by atoms with Gasteiger partial charge >= 0.3 is 5.97 Å². The number of hydrogen-bond donors (Lipinski definition) is 1. The molecule has 7 heteroatoms. The monoisotopic (exact) mass is 300 g/mol. The van der Waals surface area contributed by atoms with Crippen LogP contribution in [0.1, 0.15) is 23.7 Å². The Bertz CT molecular complexity index is 681. The number of nitrogens with zero attached hydrogens (tertiary/aromatic N) is 3. The lowest BCUT2D eigenvalue weighted by molar-refractivity contribution is -0.119. The molecule has 3 rings (SSSR count). The van der Waals surface area contributed by atoms with Crippen LogP contribution < -0.4 is 5.32 Å². The molecule has 0 bridgehead atoms. The van der Waals surface area contributed by atoms with Gasteiger partial charge in [-0.3, -0.25) is 4.79 Å². The van der Waals surface area contributed by atoms with Crippen LogP contribution in [-0.4, -0.2) is 40.0 Å². The van der Waals surface area contributed by atoms with Gasteiger partial charge < -0.3 is 10.1 Å². The van der Waals surface area contributed by atoms with Gasteiger partial charge in [0.15, 0.2) is 0 Å². The Morgan fingerprint density at radius 3 is 2.77 bits per heavy atom. The second-order valence-corrected chi connectivity index (χ2v) is 5.73. The molecule has 0 aliphatic carbocycles. The summed E-state index contributed by atoms with van der Waals surface area (Å²) in [7, 11) is 0. The molecule has 2 heterocycles. The Morgan fingerprint density at radius 1 is 1.41 bits per heavy atom. The summed E-state index contributed by atoms with van der Waals surface area (Å²) < 4.78 is 6.93. The number of carbonyl (C=O) groups is 2. The standard InChI is InChI=1S/C15H16N4O3/c1-15(8-13(20)16-9-15)10-22-14(21)11-2-4-12(5-3-11)19-7-6-17-18-19/h2-7H,8-10H2,1H3,(H,16,20)/t15-/m1/s1. The van der Waals surface area contributed by atoms with E-state index in [9.17, 15) is 9.59 Å². The van der Waals surface area contributed by atoms with Crippen molar-refractivity contribution in [1.82, 2.24) is 20.3 Å². The molecule has 0 saturated carbocycles. The van der Waals surface area contributed by atoms with E-state index in [1.807, 2.05) is 6.92 Å². The van der Waals surface area contributed by atoms with Crippen molar-refractivity contribution in [2.24, 2.45) is 5.41 Å². The number of benzene rings is 1. The normalized spacial score (nSPS) is 20.7. The van der Waals surface area contributed by atoms with Crippen LogP contribution in [0, 0.1) is 5.41 Å². The lowest BCUT2D eigenvalue weighted by atomic mass is 9.91.